The van der Waals surface area contributed by atoms with Crippen molar-refractivity contribution in [2.45, 2.75) is 39.8 Å². The lowest BCUT2D eigenvalue weighted by atomic mass is 10.1. The Morgan fingerprint density at radius 1 is 1.33 bits per heavy atom. The molecule has 2 aromatic rings. The molecule has 0 atom stereocenters. The van der Waals surface area contributed by atoms with Crippen LogP contribution < -0.4 is 4.90 Å². The summed E-state index contributed by atoms with van der Waals surface area (Å²) in [4.78, 5) is 21.8. The van der Waals surface area contributed by atoms with Crippen molar-refractivity contribution < 1.29 is 13.9 Å². The molecule has 0 spiro atoms. The van der Waals surface area contributed by atoms with Gasteiger partial charge in [-0.3, -0.25) is 9.88 Å². The van der Waals surface area contributed by atoms with Gasteiger partial charge in [0.25, 0.3) is 0 Å². The van der Waals surface area contributed by atoms with Crippen molar-refractivity contribution in [3.63, 3.8) is 0 Å². The number of nitrogens with zero attached hydrogens (tertiary/aromatic N) is 3. The van der Waals surface area contributed by atoms with Gasteiger partial charge in [0.1, 0.15) is 11.4 Å². The molecule has 5 nitrogen and oxygen atoms in total. The molecular formula is C17H19BrFN3O2. The molecule has 0 unspecified atom stereocenters. The number of carbonyl (C=O) groups is 1. The summed E-state index contributed by atoms with van der Waals surface area (Å²) >= 11 is 3.06. The largest absolute Gasteiger partial charge is 0.443 e. The van der Waals surface area contributed by atoms with Crippen molar-refractivity contribution in [2.75, 3.05) is 4.90 Å². The van der Waals surface area contributed by atoms with E-state index in [4.69, 9.17) is 4.74 Å². The number of amides is 1. The van der Waals surface area contributed by atoms with Crippen molar-refractivity contribution in [3.05, 3.63) is 52.1 Å². The summed E-state index contributed by atoms with van der Waals surface area (Å²) in [5.41, 5.74) is 1.12. The Morgan fingerprint density at radius 3 is 2.62 bits per heavy atom. The Balaban J connectivity index is 2.39. The van der Waals surface area contributed by atoms with E-state index < -0.39 is 17.6 Å². The third-order valence-electron chi connectivity index (χ3n) is 3.15. The fourth-order valence-corrected chi connectivity index (χ4v) is 2.17. The smallest absolute Gasteiger partial charge is 0.416 e. The van der Waals surface area contributed by atoms with Gasteiger partial charge in [-0.25, -0.2) is 9.78 Å². The fraction of sp³-hybridized carbons (Fsp3) is 0.353. The van der Waals surface area contributed by atoms with Gasteiger partial charge in [-0.1, -0.05) is 0 Å². The maximum Gasteiger partial charge on any atom is 0.416 e. The standard InChI is InChI=1S/C17H19BrFN3O2/c1-11-7-8-20-9-12(11)10-22(16(23)24-17(2,3)4)14-6-5-13(18)15(19)21-14/h5-9H,10H2,1-4H3. The molecule has 7 heteroatoms. The van der Waals surface area contributed by atoms with E-state index in [1.165, 1.54) is 11.0 Å². The molecule has 0 N–H and O–H groups in total. The van der Waals surface area contributed by atoms with Gasteiger partial charge in [0.05, 0.1) is 11.0 Å². The summed E-state index contributed by atoms with van der Waals surface area (Å²) < 4.78 is 19.5. The number of aromatic nitrogens is 2. The molecule has 0 radical (unpaired) electrons. The Kier molecular flexibility index (Phi) is 5.54. The molecule has 0 saturated carbocycles. The molecule has 1 amide bonds. The van der Waals surface area contributed by atoms with Crippen molar-refractivity contribution in [2.24, 2.45) is 0 Å². The van der Waals surface area contributed by atoms with Crippen molar-refractivity contribution >= 4 is 27.8 Å². The van der Waals surface area contributed by atoms with Gasteiger partial charge in [0.15, 0.2) is 0 Å². The van der Waals surface area contributed by atoms with Crippen LogP contribution in [0, 0.1) is 12.9 Å². The molecule has 0 saturated heterocycles. The zero-order valence-electron chi connectivity index (χ0n) is 14.0. The summed E-state index contributed by atoms with van der Waals surface area (Å²) in [6, 6.07) is 4.91. The Morgan fingerprint density at radius 2 is 2.04 bits per heavy atom. The lowest BCUT2D eigenvalue weighted by molar-refractivity contribution is 0.0576. The van der Waals surface area contributed by atoms with Crippen molar-refractivity contribution in [1.29, 1.82) is 0 Å². The predicted octanol–water partition coefficient (Wildman–Crippen LogP) is 4.63. The van der Waals surface area contributed by atoms with Gasteiger partial charge in [-0.2, -0.15) is 4.39 Å². The van der Waals surface area contributed by atoms with Crippen LogP contribution >= 0.6 is 15.9 Å². The monoisotopic (exact) mass is 395 g/mol. The SMILES string of the molecule is Cc1ccncc1CN(C(=O)OC(C)(C)C)c1ccc(Br)c(F)n1. The van der Waals surface area contributed by atoms with Gasteiger partial charge >= 0.3 is 6.09 Å². The highest BCUT2D eigenvalue weighted by atomic mass is 79.9. The van der Waals surface area contributed by atoms with Gasteiger partial charge in [0, 0.05) is 12.4 Å². The van der Waals surface area contributed by atoms with Crippen LogP contribution in [-0.4, -0.2) is 21.7 Å². The van der Waals surface area contributed by atoms with Crippen molar-refractivity contribution in [3.8, 4) is 0 Å². The Hall–Kier alpha value is -2.02. The Bertz CT molecular complexity index is 747. The van der Waals surface area contributed by atoms with Crippen LogP contribution in [0.3, 0.4) is 0 Å². The zero-order chi connectivity index (χ0) is 17.9. The van der Waals surface area contributed by atoms with E-state index in [1.807, 2.05) is 13.0 Å². The van der Waals surface area contributed by atoms with Crippen LogP contribution in [-0.2, 0) is 11.3 Å². The number of hydrogen-bond acceptors (Lipinski definition) is 4. The molecule has 0 aliphatic rings. The minimum atomic E-state index is -0.691. The lowest BCUT2D eigenvalue weighted by Crippen LogP contribution is -2.37. The summed E-state index contributed by atoms with van der Waals surface area (Å²) in [5, 5.41) is 0. The average Bonchev–Trinajstić information content (AvgIpc) is 2.47. The first-order valence-electron chi connectivity index (χ1n) is 7.39. The van der Waals surface area contributed by atoms with Gasteiger partial charge < -0.3 is 4.74 Å². The highest BCUT2D eigenvalue weighted by Crippen LogP contribution is 2.23. The number of halogens is 2. The molecule has 24 heavy (non-hydrogen) atoms. The van der Waals surface area contributed by atoms with Gasteiger partial charge in [-0.15, -0.1) is 0 Å². The second-order valence-electron chi connectivity index (χ2n) is 6.31. The molecule has 2 heterocycles. The molecule has 128 valence electrons. The Labute approximate surface area is 149 Å². The highest BCUT2D eigenvalue weighted by Gasteiger charge is 2.25. The minimum absolute atomic E-state index is 0.174. The number of rotatable bonds is 3. The van der Waals surface area contributed by atoms with Crippen molar-refractivity contribution in [1.82, 2.24) is 9.97 Å². The number of anilines is 1. The second kappa shape index (κ2) is 7.25. The maximum absolute atomic E-state index is 13.8. The summed E-state index contributed by atoms with van der Waals surface area (Å²) in [5.74, 6) is -0.517. The number of aryl methyl sites for hydroxylation is 1. The van der Waals surface area contributed by atoms with E-state index in [0.717, 1.165) is 11.1 Å². The molecule has 0 aliphatic heterocycles. The quantitative estimate of drug-likeness (QED) is 0.710. The molecule has 0 bridgehead atoms. The summed E-state index contributed by atoms with van der Waals surface area (Å²) in [6.45, 7) is 7.42. The van der Waals surface area contributed by atoms with Crippen LogP contribution in [0.1, 0.15) is 31.9 Å². The number of ether oxygens (including phenoxy) is 1. The molecule has 2 rings (SSSR count). The first kappa shape index (κ1) is 18.3. The van der Waals surface area contributed by atoms with E-state index >= 15 is 0 Å². The second-order valence-corrected chi connectivity index (χ2v) is 7.17. The first-order chi connectivity index (χ1) is 11.2. The third kappa shape index (κ3) is 4.74. The van der Waals surface area contributed by atoms with Crippen LogP contribution in [0.5, 0.6) is 0 Å². The third-order valence-corrected chi connectivity index (χ3v) is 3.75. The van der Waals surface area contributed by atoms with E-state index in [-0.39, 0.29) is 16.8 Å². The lowest BCUT2D eigenvalue weighted by Gasteiger charge is -2.27. The minimum Gasteiger partial charge on any atom is -0.443 e. The van der Waals surface area contributed by atoms with E-state index in [2.05, 4.69) is 25.9 Å². The van der Waals surface area contributed by atoms with Gasteiger partial charge in [-0.05, 0) is 73.0 Å². The number of pyridine rings is 2. The van der Waals surface area contributed by atoms with Crippen LogP contribution in [0.2, 0.25) is 0 Å². The maximum atomic E-state index is 13.8. The van der Waals surface area contributed by atoms with Crippen LogP contribution in [0.4, 0.5) is 15.0 Å². The fourth-order valence-electron chi connectivity index (χ4n) is 1.95. The zero-order valence-corrected chi connectivity index (χ0v) is 15.6. The van der Waals surface area contributed by atoms with E-state index in [9.17, 15) is 9.18 Å². The molecule has 0 aromatic carbocycles. The van der Waals surface area contributed by atoms with E-state index in [0.29, 0.717) is 0 Å². The van der Waals surface area contributed by atoms with E-state index in [1.54, 1.807) is 39.2 Å². The first-order valence-corrected chi connectivity index (χ1v) is 8.19. The van der Waals surface area contributed by atoms with Crippen LogP contribution in [0.25, 0.3) is 0 Å². The average molecular weight is 396 g/mol. The topological polar surface area (TPSA) is 55.3 Å². The predicted molar refractivity (Wildman–Crippen MR) is 93.3 cm³/mol. The summed E-state index contributed by atoms with van der Waals surface area (Å²) in [6.07, 6.45) is 2.75. The summed E-state index contributed by atoms with van der Waals surface area (Å²) in [7, 11) is 0. The number of carbonyl (C=O) groups excluding carboxylic acids is 1. The number of hydrogen-bond donors (Lipinski definition) is 0. The molecule has 0 aliphatic carbocycles. The molecular weight excluding hydrogens is 377 g/mol. The molecule has 0 fully saturated rings. The van der Waals surface area contributed by atoms with Gasteiger partial charge in [0.2, 0.25) is 5.95 Å². The highest BCUT2D eigenvalue weighted by molar-refractivity contribution is 9.10. The molecule has 2 aromatic heterocycles. The normalized spacial score (nSPS) is 11.2. The van der Waals surface area contributed by atoms with Crippen LogP contribution in [0.15, 0.2) is 35.1 Å².